The molecule has 110 valence electrons. The van der Waals surface area contributed by atoms with Crippen molar-refractivity contribution in [1.82, 2.24) is 0 Å². The van der Waals surface area contributed by atoms with Gasteiger partial charge < -0.3 is 15.7 Å². The van der Waals surface area contributed by atoms with Gasteiger partial charge in [-0.25, -0.2) is 13.2 Å². The Kier molecular flexibility index (Phi) is 4.02. The summed E-state index contributed by atoms with van der Waals surface area (Å²) >= 11 is 0. The van der Waals surface area contributed by atoms with Crippen LogP contribution in [-0.2, 0) is 0 Å². The van der Waals surface area contributed by atoms with Crippen LogP contribution in [-0.4, -0.2) is 11.0 Å². The minimum Gasteiger partial charge on any atom is -0.451 e. The maximum Gasteiger partial charge on any atom is 0.198 e. The molecule has 2 aromatic rings. The summed E-state index contributed by atoms with van der Waals surface area (Å²) in [6, 6.07) is 5.29. The molecule has 7 heteroatoms. The molecule has 0 heterocycles. The molecule has 0 aliphatic rings. The summed E-state index contributed by atoms with van der Waals surface area (Å²) in [4.78, 5) is 0. The van der Waals surface area contributed by atoms with Gasteiger partial charge in [0.2, 0.25) is 0 Å². The fraction of sp³-hybridized carbons (Fsp3) is 0.0714. The van der Waals surface area contributed by atoms with Crippen LogP contribution >= 0.6 is 0 Å². The molecule has 0 saturated heterocycles. The van der Waals surface area contributed by atoms with Crippen molar-refractivity contribution in [1.29, 1.82) is 0 Å². The van der Waals surface area contributed by atoms with E-state index in [1.807, 2.05) is 0 Å². The lowest BCUT2D eigenvalue weighted by Crippen LogP contribution is -2.14. The van der Waals surface area contributed by atoms with Crippen LogP contribution < -0.4 is 10.5 Å². The molecule has 0 unspecified atom stereocenters. The van der Waals surface area contributed by atoms with E-state index in [0.29, 0.717) is 5.56 Å². The highest BCUT2D eigenvalue weighted by Crippen LogP contribution is 2.30. The number of ether oxygens (including phenoxy) is 1. The normalized spacial score (nSPS) is 11.5. The Morgan fingerprint density at radius 3 is 2.29 bits per heavy atom. The van der Waals surface area contributed by atoms with Crippen molar-refractivity contribution >= 4 is 5.84 Å². The first-order chi connectivity index (χ1) is 9.92. The number of hydrogen-bond donors (Lipinski definition) is 2. The van der Waals surface area contributed by atoms with Crippen molar-refractivity contribution in [3.63, 3.8) is 0 Å². The van der Waals surface area contributed by atoms with Crippen LogP contribution in [0, 0.1) is 24.4 Å². The molecule has 0 spiro atoms. The SMILES string of the molecule is Cc1cc(F)ccc1Oc1c(F)cc(/C(N)=N/O)cc1F. The van der Waals surface area contributed by atoms with Gasteiger partial charge in [0.15, 0.2) is 23.2 Å². The fourth-order valence-corrected chi connectivity index (χ4v) is 1.70. The summed E-state index contributed by atoms with van der Waals surface area (Å²) in [5, 5.41) is 11.1. The molecule has 0 aliphatic heterocycles. The van der Waals surface area contributed by atoms with E-state index >= 15 is 0 Å². The third-order valence-corrected chi connectivity index (χ3v) is 2.75. The van der Waals surface area contributed by atoms with E-state index in [9.17, 15) is 13.2 Å². The number of benzene rings is 2. The predicted octanol–water partition coefficient (Wildman–Crippen LogP) is 3.30. The van der Waals surface area contributed by atoms with Crippen LogP contribution in [0.15, 0.2) is 35.5 Å². The summed E-state index contributed by atoms with van der Waals surface area (Å²) in [5.74, 6) is -3.51. The molecule has 4 nitrogen and oxygen atoms in total. The Balaban J connectivity index is 2.41. The van der Waals surface area contributed by atoms with E-state index in [1.54, 1.807) is 6.92 Å². The minimum atomic E-state index is -1.03. The fourth-order valence-electron chi connectivity index (χ4n) is 1.70. The first-order valence-electron chi connectivity index (χ1n) is 5.83. The molecule has 0 radical (unpaired) electrons. The Hall–Kier alpha value is -2.70. The number of amidine groups is 1. The molecule has 0 amide bonds. The van der Waals surface area contributed by atoms with E-state index < -0.39 is 29.0 Å². The number of nitrogens with two attached hydrogens (primary N) is 1. The summed E-state index contributed by atoms with van der Waals surface area (Å²) in [6.07, 6.45) is 0. The summed E-state index contributed by atoms with van der Waals surface area (Å²) < 4.78 is 45.9. The summed E-state index contributed by atoms with van der Waals surface area (Å²) in [6.45, 7) is 1.54. The van der Waals surface area contributed by atoms with E-state index in [1.165, 1.54) is 12.1 Å². The lowest BCUT2D eigenvalue weighted by atomic mass is 10.1. The minimum absolute atomic E-state index is 0.116. The standard InChI is InChI=1S/C14H11F3N2O2/c1-7-4-9(15)2-3-12(7)21-13-10(16)5-8(6-11(13)17)14(18)19-20/h2-6,20H,1H3,(H2,18,19). The van der Waals surface area contributed by atoms with Crippen LogP contribution in [0.25, 0.3) is 0 Å². The van der Waals surface area contributed by atoms with E-state index in [0.717, 1.165) is 18.2 Å². The zero-order valence-corrected chi connectivity index (χ0v) is 10.9. The highest BCUT2D eigenvalue weighted by molar-refractivity contribution is 5.97. The Morgan fingerprint density at radius 1 is 1.14 bits per heavy atom. The van der Waals surface area contributed by atoms with Gasteiger partial charge in [-0.15, -0.1) is 0 Å². The smallest absolute Gasteiger partial charge is 0.198 e. The molecule has 21 heavy (non-hydrogen) atoms. The van der Waals surface area contributed by atoms with Gasteiger partial charge in [0.25, 0.3) is 0 Å². The average Bonchev–Trinajstić information content (AvgIpc) is 2.43. The van der Waals surface area contributed by atoms with Crippen molar-refractivity contribution in [2.45, 2.75) is 6.92 Å². The number of nitrogens with zero attached hydrogens (tertiary/aromatic N) is 1. The maximum atomic E-state index is 13.9. The van der Waals surface area contributed by atoms with Crippen molar-refractivity contribution in [3.05, 3.63) is 58.9 Å². The first kappa shape index (κ1) is 14.7. The molecule has 0 bridgehead atoms. The Labute approximate surface area is 118 Å². The molecule has 2 rings (SSSR count). The van der Waals surface area contributed by atoms with Crippen LogP contribution in [0.5, 0.6) is 11.5 Å². The highest BCUT2D eigenvalue weighted by atomic mass is 19.1. The second-order valence-electron chi connectivity index (χ2n) is 4.27. The molecule has 0 saturated carbocycles. The quantitative estimate of drug-likeness (QED) is 0.395. The van der Waals surface area contributed by atoms with Crippen LogP contribution in [0.2, 0.25) is 0 Å². The molecule has 2 aromatic carbocycles. The molecular formula is C14H11F3N2O2. The number of aryl methyl sites for hydroxylation is 1. The van der Waals surface area contributed by atoms with Gasteiger partial charge in [-0.1, -0.05) is 5.16 Å². The predicted molar refractivity (Wildman–Crippen MR) is 70.1 cm³/mol. The first-order valence-corrected chi connectivity index (χ1v) is 5.83. The molecule has 0 aliphatic carbocycles. The van der Waals surface area contributed by atoms with Gasteiger partial charge >= 0.3 is 0 Å². The average molecular weight is 296 g/mol. The van der Waals surface area contributed by atoms with Gasteiger partial charge in [0.05, 0.1) is 0 Å². The van der Waals surface area contributed by atoms with Crippen LogP contribution in [0.1, 0.15) is 11.1 Å². The van der Waals surface area contributed by atoms with Crippen molar-refractivity contribution < 1.29 is 23.1 Å². The Morgan fingerprint density at radius 2 is 1.76 bits per heavy atom. The van der Waals surface area contributed by atoms with Gasteiger partial charge in [-0.2, -0.15) is 0 Å². The Bertz CT molecular complexity index is 694. The molecule has 0 aromatic heterocycles. The number of oxime groups is 1. The van der Waals surface area contributed by atoms with E-state index in [-0.39, 0.29) is 11.3 Å². The highest BCUT2D eigenvalue weighted by Gasteiger charge is 2.16. The van der Waals surface area contributed by atoms with Gasteiger partial charge in [0.1, 0.15) is 11.6 Å². The lowest BCUT2D eigenvalue weighted by molar-refractivity contribution is 0.318. The second-order valence-corrected chi connectivity index (χ2v) is 4.27. The van der Waals surface area contributed by atoms with Crippen molar-refractivity contribution in [2.24, 2.45) is 10.9 Å². The third kappa shape index (κ3) is 3.07. The zero-order chi connectivity index (χ0) is 15.6. The van der Waals surface area contributed by atoms with Crippen molar-refractivity contribution in [3.8, 4) is 11.5 Å². The molecule has 3 N–H and O–H groups in total. The topological polar surface area (TPSA) is 67.8 Å². The largest absolute Gasteiger partial charge is 0.451 e. The summed E-state index contributed by atoms with van der Waals surface area (Å²) in [7, 11) is 0. The number of halogens is 3. The molecular weight excluding hydrogens is 285 g/mol. The zero-order valence-electron chi connectivity index (χ0n) is 10.9. The van der Waals surface area contributed by atoms with Crippen LogP contribution in [0.4, 0.5) is 13.2 Å². The number of rotatable bonds is 3. The monoisotopic (exact) mass is 296 g/mol. The number of hydrogen-bond acceptors (Lipinski definition) is 3. The summed E-state index contributed by atoms with van der Waals surface area (Å²) in [5.41, 5.74) is 5.51. The van der Waals surface area contributed by atoms with E-state index in [4.69, 9.17) is 15.7 Å². The second kappa shape index (κ2) is 5.74. The third-order valence-electron chi connectivity index (χ3n) is 2.75. The lowest BCUT2D eigenvalue weighted by Gasteiger charge is -2.11. The van der Waals surface area contributed by atoms with Gasteiger partial charge in [-0.3, -0.25) is 0 Å². The van der Waals surface area contributed by atoms with Crippen LogP contribution in [0.3, 0.4) is 0 Å². The molecule has 0 atom stereocenters. The maximum absolute atomic E-state index is 13.9. The van der Waals surface area contributed by atoms with Crippen molar-refractivity contribution in [2.75, 3.05) is 0 Å². The molecule has 0 fully saturated rings. The van der Waals surface area contributed by atoms with Gasteiger partial charge in [0, 0.05) is 5.56 Å². The van der Waals surface area contributed by atoms with E-state index in [2.05, 4.69) is 5.16 Å². The van der Waals surface area contributed by atoms with Gasteiger partial charge in [-0.05, 0) is 42.8 Å².